The van der Waals surface area contributed by atoms with Crippen molar-refractivity contribution in [3.05, 3.63) is 0 Å². The van der Waals surface area contributed by atoms with Gasteiger partial charge in [-0.2, -0.15) is 0 Å². The zero-order chi connectivity index (χ0) is 15.0. The third kappa shape index (κ3) is 4.51. The second-order valence-electron chi connectivity index (χ2n) is 7.02. The summed E-state index contributed by atoms with van der Waals surface area (Å²) in [4.78, 5) is 0. The van der Waals surface area contributed by atoms with Gasteiger partial charge in [-0.3, -0.25) is 5.32 Å². The topological polar surface area (TPSA) is 63.2 Å². The third-order valence-electron chi connectivity index (χ3n) is 3.79. The minimum Gasteiger partial charge on any atom is -0.424 e. The quantitative estimate of drug-likeness (QED) is 0.508. The van der Waals surface area contributed by atoms with Crippen LogP contribution in [-0.4, -0.2) is 51.7 Å². The molecule has 2 aliphatic rings. The first-order chi connectivity index (χ1) is 9.25. The molecule has 118 valence electrons. The van der Waals surface area contributed by atoms with Crippen LogP contribution in [0.4, 0.5) is 0 Å². The van der Waals surface area contributed by atoms with Crippen molar-refractivity contribution in [1.29, 1.82) is 0 Å². The molecule has 6 heteroatoms. The summed E-state index contributed by atoms with van der Waals surface area (Å²) >= 11 is 0. The second kappa shape index (κ2) is 6.02. The van der Waals surface area contributed by atoms with Crippen molar-refractivity contribution in [3.8, 4) is 0 Å². The van der Waals surface area contributed by atoms with E-state index in [0.29, 0.717) is 11.8 Å². The fourth-order valence-corrected chi connectivity index (χ4v) is 3.22. The Morgan fingerprint density at radius 2 is 2.15 bits per heavy atom. The van der Waals surface area contributed by atoms with Crippen LogP contribution in [-0.2, 0) is 13.9 Å². The standard InChI is InChI=1S/C14H29NO4Si/c1-13(2,3)19-14(4)12(18-14)15-7-9(8-17-20-5)10-6-11(10)16/h9-12,15-16H,6-8,20H2,1-5H3/t9?,10-,11-,12+,14-/m0/s1. The fourth-order valence-electron chi connectivity index (χ4n) is 2.68. The molecule has 5 nitrogen and oxygen atoms in total. The van der Waals surface area contributed by atoms with Crippen LogP contribution in [0.5, 0.6) is 0 Å². The van der Waals surface area contributed by atoms with Crippen LogP contribution in [0.15, 0.2) is 0 Å². The summed E-state index contributed by atoms with van der Waals surface area (Å²) in [5, 5.41) is 13.0. The molecule has 1 aliphatic heterocycles. The van der Waals surface area contributed by atoms with Crippen LogP contribution in [0.2, 0.25) is 6.55 Å². The normalized spacial score (nSPS) is 38.4. The first-order valence-corrected chi connectivity index (χ1v) is 9.61. The predicted molar refractivity (Wildman–Crippen MR) is 80.1 cm³/mol. The number of ether oxygens (including phenoxy) is 2. The fraction of sp³-hybridized carbons (Fsp3) is 1.00. The molecular formula is C14H29NO4Si. The Hall–Kier alpha value is 0.0169. The van der Waals surface area contributed by atoms with E-state index in [2.05, 4.69) is 11.9 Å². The molecule has 0 aromatic heterocycles. The van der Waals surface area contributed by atoms with Crippen molar-refractivity contribution in [2.75, 3.05) is 13.2 Å². The first kappa shape index (κ1) is 16.4. The summed E-state index contributed by atoms with van der Waals surface area (Å²) in [6, 6.07) is 0. The molecule has 1 unspecified atom stereocenters. The SMILES string of the molecule is C[SiH2]OCC(CN[C@@H]1O[C@@]1(C)OC(C)(C)C)[C@@H]1C[C@@H]1O. The molecule has 5 atom stereocenters. The van der Waals surface area contributed by atoms with Gasteiger partial charge >= 0.3 is 0 Å². The monoisotopic (exact) mass is 303 g/mol. The van der Waals surface area contributed by atoms with E-state index in [4.69, 9.17) is 13.9 Å². The molecule has 0 bridgehead atoms. The van der Waals surface area contributed by atoms with Crippen LogP contribution in [0, 0.1) is 11.8 Å². The Morgan fingerprint density at radius 3 is 2.65 bits per heavy atom. The number of nitrogens with one attached hydrogen (secondary N) is 1. The van der Waals surface area contributed by atoms with Gasteiger partial charge in [-0.1, -0.05) is 6.55 Å². The number of aliphatic hydroxyl groups excluding tert-OH is 1. The summed E-state index contributed by atoms with van der Waals surface area (Å²) in [5.74, 6) is 0.239. The number of aliphatic hydroxyl groups is 1. The Morgan fingerprint density at radius 1 is 1.50 bits per heavy atom. The zero-order valence-corrected chi connectivity index (χ0v) is 14.7. The maximum absolute atomic E-state index is 9.60. The maximum Gasteiger partial charge on any atom is 0.208 e. The van der Waals surface area contributed by atoms with Gasteiger partial charge in [-0.15, -0.1) is 0 Å². The Balaban J connectivity index is 1.74. The molecule has 2 fully saturated rings. The lowest BCUT2D eigenvalue weighted by Crippen LogP contribution is -2.37. The molecule has 2 N–H and O–H groups in total. The average Bonchev–Trinajstić information content (AvgIpc) is 3.16. The van der Waals surface area contributed by atoms with Crippen LogP contribution in [0.25, 0.3) is 0 Å². The van der Waals surface area contributed by atoms with Gasteiger partial charge in [0.1, 0.15) is 0 Å². The van der Waals surface area contributed by atoms with E-state index < -0.39 is 5.79 Å². The lowest BCUT2D eigenvalue weighted by Gasteiger charge is -2.23. The highest BCUT2D eigenvalue weighted by Gasteiger charge is 2.56. The van der Waals surface area contributed by atoms with E-state index in [-0.39, 0.29) is 27.7 Å². The molecule has 0 aromatic carbocycles. The second-order valence-corrected chi connectivity index (χ2v) is 8.01. The third-order valence-corrected chi connectivity index (χ3v) is 4.44. The summed E-state index contributed by atoms with van der Waals surface area (Å²) < 4.78 is 17.2. The van der Waals surface area contributed by atoms with E-state index >= 15 is 0 Å². The van der Waals surface area contributed by atoms with Crippen LogP contribution in [0.3, 0.4) is 0 Å². The minimum absolute atomic E-state index is 0.0565. The van der Waals surface area contributed by atoms with Gasteiger partial charge in [-0.05, 0) is 46.0 Å². The molecule has 1 aliphatic carbocycles. The highest BCUT2D eigenvalue weighted by molar-refractivity contribution is 6.24. The molecule has 0 aromatic rings. The molecule has 2 rings (SSSR count). The van der Waals surface area contributed by atoms with Crippen molar-refractivity contribution in [2.24, 2.45) is 11.8 Å². The van der Waals surface area contributed by atoms with Crippen LogP contribution in [0.1, 0.15) is 34.1 Å². The number of hydrogen-bond acceptors (Lipinski definition) is 5. The molecule has 1 heterocycles. The summed E-state index contributed by atoms with van der Waals surface area (Å²) in [6.45, 7) is 11.7. The van der Waals surface area contributed by atoms with E-state index in [1.165, 1.54) is 0 Å². The molecule has 1 saturated carbocycles. The van der Waals surface area contributed by atoms with E-state index in [1.807, 2.05) is 27.7 Å². The average molecular weight is 303 g/mol. The molecule has 0 amide bonds. The number of rotatable bonds is 8. The lowest BCUT2D eigenvalue weighted by molar-refractivity contribution is -0.117. The molecule has 0 radical (unpaired) electrons. The summed E-state index contributed by atoms with van der Waals surface area (Å²) in [6.07, 6.45) is 0.711. The highest BCUT2D eigenvalue weighted by atomic mass is 28.2. The van der Waals surface area contributed by atoms with Gasteiger partial charge in [0, 0.05) is 13.2 Å². The number of epoxide rings is 1. The van der Waals surface area contributed by atoms with Gasteiger partial charge in [0.05, 0.1) is 11.7 Å². The summed E-state index contributed by atoms with van der Waals surface area (Å²) in [5.41, 5.74) is -0.214. The first-order valence-electron chi connectivity index (χ1n) is 7.62. The summed E-state index contributed by atoms with van der Waals surface area (Å²) in [7, 11) is -0.381. The van der Waals surface area contributed by atoms with E-state index in [1.54, 1.807) is 0 Å². The van der Waals surface area contributed by atoms with E-state index in [0.717, 1.165) is 19.6 Å². The van der Waals surface area contributed by atoms with Crippen molar-refractivity contribution >= 4 is 9.76 Å². The minimum atomic E-state index is -0.522. The predicted octanol–water partition coefficient (Wildman–Crippen LogP) is 0.609. The van der Waals surface area contributed by atoms with Gasteiger partial charge in [0.25, 0.3) is 0 Å². The Bertz CT molecular complexity index is 336. The van der Waals surface area contributed by atoms with Crippen molar-refractivity contribution < 1.29 is 19.0 Å². The van der Waals surface area contributed by atoms with Crippen LogP contribution < -0.4 is 5.32 Å². The van der Waals surface area contributed by atoms with Crippen molar-refractivity contribution in [2.45, 2.75) is 64.4 Å². The number of hydrogen-bond donors (Lipinski definition) is 2. The zero-order valence-electron chi connectivity index (χ0n) is 13.3. The largest absolute Gasteiger partial charge is 0.424 e. The lowest BCUT2D eigenvalue weighted by atomic mass is 10.1. The smallest absolute Gasteiger partial charge is 0.208 e. The Labute approximate surface area is 124 Å². The Kier molecular flexibility index (Phi) is 4.93. The van der Waals surface area contributed by atoms with Gasteiger partial charge < -0.3 is 19.0 Å². The molecule has 1 saturated heterocycles. The van der Waals surface area contributed by atoms with Gasteiger partial charge in [-0.25, -0.2) is 0 Å². The van der Waals surface area contributed by atoms with E-state index in [9.17, 15) is 5.11 Å². The molecule has 20 heavy (non-hydrogen) atoms. The van der Waals surface area contributed by atoms with Crippen molar-refractivity contribution in [1.82, 2.24) is 5.32 Å². The van der Waals surface area contributed by atoms with Gasteiger partial charge in [0.15, 0.2) is 16.0 Å². The maximum atomic E-state index is 9.60. The van der Waals surface area contributed by atoms with Crippen LogP contribution >= 0.6 is 0 Å². The van der Waals surface area contributed by atoms with Crippen molar-refractivity contribution in [3.63, 3.8) is 0 Å². The molecular weight excluding hydrogens is 274 g/mol. The molecule has 0 spiro atoms. The highest BCUT2D eigenvalue weighted by Crippen LogP contribution is 2.40. The van der Waals surface area contributed by atoms with Gasteiger partial charge in [0.2, 0.25) is 5.79 Å².